The number of likely N-dealkylation sites (tertiary alicyclic amines) is 2. The van der Waals surface area contributed by atoms with E-state index in [0.29, 0.717) is 18.7 Å². The molecule has 3 atom stereocenters. The molecule has 9 nitrogen and oxygen atoms in total. The van der Waals surface area contributed by atoms with Gasteiger partial charge in [0.1, 0.15) is 11.9 Å². The number of benzene rings is 3. The summed E-state index contributed by atoms with van der Waals surface area (Å²) in [5.74, 6) is 0.436. The molecule has 0 aliphatic carbocycles. The molecule has 0 bridgehead atoms. The topological polar surface area (TPSA) is 114 Å². The molecule has 7 rings (SSSR count). The number of rotatable bonds is 7. The van der Waals surface area contributed by atoms with Crippen LogP contribution in [0.15, 0.2) is 85.1 Å². The van der Waals surface area contributed by atoms with E-state index in [1.165, 1.54) is 0 Å². The lowest BCUT2D eigenvalue weighted by atomic mass is 9.75. The normalized spacial score (nSPS) is 18.6. The predicted octanol–water partition coefficient (Wildman–Crippen LogP) is 7.67. The number of hydrogen-bond donors (Lipinski definition) is 3. The number of amides is 3. The van der Waals surface area contributed by atoms with E-state index in [9.17, 15) is 14.4 Å². The maximum absolute atomic E-state index is 14.0. The second-order valence-electron chi connectivity index (χ2n) is 14.5. The zero-order valence-electron chi connectivity index (χ0n) is 28.6. The molecule has 3 aromatic carbocycles. The fourth-order valence-electron chi connectivity index (χ4n) is 7.63. The van der Waals surface area contributed by atoms with Crippen molar-refractivity contribution in [2.24, 2.45) is 5.41 Å². The number of imidazole rings is 1. The fourth-order valence-corrected chi connectivity index (χ4v) is 7.63. The lowest BCUT2D eigenvalue weighted by Gasteiger charge is -2.35. The number of aromatic nitrogens is 3. The summed E-state index contributed by atoms with van der Waals surface area (Å²) in [7, 11) is 0. The van der Waals surface area contributed by atoms with E-state index < -0.39 is 6.04 Å². The SMILES string of the molecule is CC(=O)N1CCCC1c1ncc(-c2ccc(-c3cc4cc(NC(=O)[C@@H]5CCCN5C(=O)C(c5ccccc5)C(C)(C)C)ccc4[nH]3)cc2)[nH]1. The summed E-state index contributed by atoms with van der Waals surface area (Å²) in [5.41, 5.74) is 6.31. The number of carbonyl (C=O) groups excluding carboxylic acids is 3. The van der Waals surface area contributed by atoms with Gasteiger partial charge in [0, 0.05) is 42.3 Å². The van der Waals surface area contributed by atoms with Crippen LogP contribution in [0.4, 0.5) is 5.69 Å². The van der Waals surface area contributed by atoms with E-state index in [1.54, 1.807) is 11.8 Å². The van der Waals surface area contributed by atoms with Gasteiger partial charge in [0.05, 0.1) is 23.9 Å². The van der Waals surface area contributed by atoms with Crippen LogP contribution in [-0.4, -0.2) is 61.6 Å². The van der Waals surface area contributed by atoms with Crippen LogP contribution in [0.2, 0.25) is 0 Å². The van der Waals surface area contributed by atoms with Gasteiger partial charge in [-0.25, -0.2) is 4.98 Å². The summed E-state index contributed by atoms with van der Waals surface area (Å²) >= 11 is 0. The summed E-state index contributed by atoms with van der Waals surface area (Å²) in [6.45, 7) is 9.22. The van der Waals surface area contributed by atoms with Crippen molar-refractivity contribution >= 4 is 34.3 Å². The molecule has 4 heterocycles. The molecule has 5 aromatic rings. The molecule has 0 radical (unpaired) electrons. The van der Waals surface area contributed by atoms with E-state index in [-0.39, 0.29) is 35.1 Å². The average Bonchev–Trinajstić information content (AvgIpc) is 3.90. The van der Waals surface area contributed by atoms with Crippen molar-refractivity contribution in [2.75, 3.05) is 18.4 Å². The van der Waals surface area contributed by atoms with E-state index in [4.69, 9.17) is 0 Å². The summed E-state index contributed by atoms with van der Waals surface area (Å²) in [6.07, 6.45) is 5.19. The Bertz CT molecular complexity index is 1990. The minimum atomic E-state index is -0.505. The van der Waals surface area contributed by atoms with Gasteiger partial charge in [-0.15, -0.1) is 0 Å². The zero-order chi connectivity index (χ0) is 34.3. The van der Waals surface area contributed by atoms with Gasteiger partial charge in [0.25, 0.3) is 0 Å². The Hall–Kier alpha value is -5.18. The summed E-state index contributed by atoms with van der Waals surface area (Å²) in [5, 5.41) is 4.09. The van der Waals surface area contributed by atoms with Crippen LogP contribution in [0, 0.1) is 5.41 Å². The highest BCUT2D eigenvalue weighted by Crippen LogP contribution is 2.39. The predicted molar refractivity (Wildman–Crippen MR) is 193 cm³/mol. The minimum absolute atomic E-state index is 0.00611. The molecule has 252 valence electrons. The zero-order valence-corrected chi connectivity index (χ0v) is 28.6. The van der Waals surface area contributed by atoms with Gasteiger partial charge in [-0.05, 0) is 72.1 Å². The highest BCUT2D eigenvalue weighted by molar-refractivity contribution is 6.00. The number of anilines is 1. The molecule has 2 fully saturated rings. The lowest BCUT2D eigenvalue weighted by molar-refractivity contribution is -0.140. The number of hydrogen-bond acceptors (Lipinski definition) is 4. The highest BCUT2D eigenvalue weighted by Gasteiger charge is 2.41. The Balaban J connectivity index is 1.04. The molecule has 0 spiro atoms. The minimum Gasteiger partial charge on any atom is -0.355 e. The summed E-state index contributed by atoms with van der Waals surface area (Å²) in [6, 6.07) is 25.6. The van der Waals surface area contributed by atoms with E-state index in [0.717, 1.165) is 70.6 Å². The van der Waals surface area contributed by atoms with Crippen molar-refractivity contribution in [2.45, 2.75) is 71.4 Å². The standard InChI is InChI=1S/C40H44N6O3/c1-25(47)45-20-8-12-34(45)37-41-24-33(44-37)27-16-14-26(15-17-27)32-23-29-22-30(18-19-31(29)43-32)42-38(48)35-13-9-21-46(35)39(49)36(40(2,3)4)28-10-6-5-7-11-28/h5-7,10-11,14-19,22-24,34-36,43H,8-9,12-13,20-21H2,1-4H3,(H,41,44)(H,42,48)/t34?,35-,36?/m0/s1. The fraction of sp³-hybridized carbons (Fsp3) is 0.350. The molecule has 2 aromatic heterocycles. The first-order chi connectivity index (χ1) is 23.6. The van der Waals surface area contributed by atoms with Gasteiger partial charge in [0.15, 0.2) is 0 Å². The molecular weight excluding hydrogens is 612 g/mol. The maximum atomic E-state index is 14.0. The number of H-pyrrole nitrogens is 2. The van der Waals surface area contributed by atoms with Crippen LogP contribution >= 0.6 is 0 Å². The monoisotopic (exact) mass is 656 g/mol. The number of aromatic amines is 2. The first-order valence-electron chi connectivity index (χ1n) is 17.3. The van der Waals surface area contributed by atoms with Crippen LogP contribution in [0.1, 0.15) is 76.7 Å². The summed E-state index contributed by atoms with van der Waals surface area (Å²) < 4.78 is 0. The van der Waals surface area contributed by atoms with Gasteiger partial charge < -0.3 is 25.1 Å². The van der Waals surface area contributed by atoms with Gasteiger partial charge in [-0.2, -0.15) is 0 Å². The Kier molecular flexibility index (Phi) is 8.61. The number of nitrogens with one attached hydrogen (secondary N) is 3. The third kappa shape index (κ3) is 6.49. The van der Waals surface area contributed by atoms with Gasteiger partial charge in [0.2, 0.25) is 17.7 Å². The molecule has 2 aliphatic rings. The number of nitrogens with zero attached hydrogens (tertiary/aromatic N) is 3. The molecule has 2 saturated heterocycles. The van der Waals surface area contributed by atoms with E-state index >= 15 is 0 Å². The molecule has 3 amide bonds. The van der Waals surface area contributed by atoms with Crippen LogP contribution < -0.4 is 5.32 Å². The second kappa shape index (κ2) is 13.0. The largest absolute Gasteiger partial charge is 0.355 e. The Morgan fingerprint density at radius 2 is 1.53 bits per heavy atom. The molecule has 49 heavy (non-hydrogen) atoms. The smallest absolute Gasteiger partial charge is 0.247 e. The van der Waals surface area contributed by atoms with Gasteiger partial charge in [-0.1, -0.05) is 75.4 Å². The first kappa shape index (κ1) is 32.4. The molecule has 9 heteroatoms. The van der Waals surface area contributed by atoms with Crippen LogP contribution in [0.3, 0.4) is 0 Å². The molecular formula is C40H44N6O3. The average molecular weight is 657 g/mol. The highest BCUT2D eigenvalue weighted by atomic mass is 16.2. The Morgan fingerprint density at radius 1 is 0.837 bits per heavy atom. The van der Waals surface area contributed by atoms with Crippen molar-refractivity contribution in [3.05, 3.63) is 96.4 Å². The Labute approximate surface area is 287 Å². The third-order valence-corrected chi connectivity index (χ3v) is 10.0. The molecule has 0 saturated carbocycles. The maximum Gasteiger partial charge on any atom is 0.247 e. The van der Waals surface area contributed by atoms with E-state index in [2.05, 4.69) is 71.4 Å². The van der Waals surface area contributed by atoms with Gasteiger partial charge >= 0.3 is 0 Å². The summed E-state index contributed by atoms with van der Waals surface area (Å²) in [4.78, 5) is 54.9. The molecule has 3 N–H and O–H groups in total. The van der Waals surface area contributed by atoms with Crippen molar-refractivity contribution in [3.8, 4) is 22.5 Å². The third-order valence-electron chi connectivity index (χ3n) is 10.0. The van der Waals surface area contributed by atoms with Crippen molar-refractivity contribution in [3.63, 3.8) is 0 Å². The Morgan fingerprint density at radius 3 is 2.24 bits per heavy atom. The molecule has 2 unspecified atom stereocenters. The van der Waals surface area contributed by atoms with Crippen molar-refractivity contribution in [1.82, 2.24) is 24.8 Å². The van der Waals surface area contributed by atoms with E-state index in [1.807, 2.05) is 59.6 Å². The molecule has 2 aliphatic heterocycles. The number of fused-ring (bicyclic) bond motifs is 1. The van der Waals surface area contributed by atoms with Crippen LogP contribution in [-0.2, 0) is 14.4 Å². The first-order valence-corrected chi connectivity index (χ1v) is 17.3. The van der Waals surface area contributed by atoms with Crippen molar-refractivity contribution < 1.29 is 14.4 Å². The van der Waals surface area contributed by atoms with Crippen molar-refractivity contribution in [1.29, 1.82) is 0 Å². The number of carbonyl (C=O) groups is 3. The van der Waals surface area contributed by atoms with Gasteiger partial charge in [-0.3, -0.25) is 14.4 Å². The quantitative estimate of drug-likeness (QED) is 0.167. The van der Waals surface area contributed by atoms with Crippen LogP contribution in [0.25, 0.3) is 33.4 Å². The van der Waals surface area contributed by atoms with Crippen LogP contribution in [0.5, 0.6) is 0 Å². The lowest BCUT2D eigenvalue weighted by Crippen LogP contribution is -2.47. The second-order valence-corrected chi connectivity index (χ2v) is 14.5.